The number of piperazine rings is 1. The van der Waals surface area contributed by atoms with E-state index in [1.165, 1.54) is 7.11 Å². The number of aromatic nitrogens is 2. The van der Waals surface area contributed by atoms with Gasteiger partial charge < -0.3 is 29.1 Å². The summed E-state index contributed by atoms with van der Waals surface area (Å²) in [4.78, 5) is 43.2. The summed E-state index contributed by atoms with van der Waals surface area (Å²) < 4.78 is 17.3. The zero-order chi connectivity index (χ0) is 21.7. The third-order valence-electron chi connectivity index (χ3n) is 6.37. The Kier molecular flexibility index (Phi) is 4.73. The molecular weight excluding hydrogens is 404 g/mol. The minimum Gasteiger partial charge on any atom is -0.495 e. The van der Waals surface area contributed by atoms with Crippen molar-refractivity contribution in [2.45, 2.75) is 18.6 Å². The number of anilines is 1. The number of esters is 1. The zero-order valence-electron chi connectivity index (χ0n) is 17.4. The minimum atomic E-state index is -0.682. The van der Waals surface area contributed by atoms with Crippen LogP contribution in [0.3, 0.4) is 0 Å². The van der Waals surface area contributed by atoms with Gasteiger partial charge in [0, 0.05) is 13.1 Å². The Morgan fingerprint density at radius 3 is 2.58 bits per heavy atom. The Morgan fingerprint density at radius 2 is 1.87 bits per heavy atom. The molecule has 2 bridgehead atoms. The normalized spacial score (nSPS) is 24.3. The Hall–Kier alpha value is -3.27. The number of rotatable bonds is 4. The topological polar surface area (TPSA) is 106 Å². The number of ether oxygens (including phenoxy) is 3. The van der Waals surface area contributed by atoms with Gasteiger partial charge >= 0.3 is 11.7 Å². The molecule has 2 aromatic rings. The zero-order valence-corrected chi connectivity index (χ0v) is 17.4. The molecule has 10 heteroatoms. The molecule has 31 heavy (non-hydrogen) atoms. The van der Waals surface area contributed by atoms with Gasteiger partial charge in [-0.15, -0.1) is 0 Å². The maximum atomic E-state index is 13.3. The molecule has 3 aliphatic rings. The summed E-state index contributed by atoms with van der Waals surface area (Å²) in [6, 6.07) is 7.76. The van der Waals surface area contributed by atoms with Crippen molar-refractivity contribution in [2.24, 2.45) is 5.92 Å². The molecule has 164 valence electrons. The highest BCUT2D eigenvalue weighted by atomic mass is 16.5. The van der Waals surface area contributed by atoms with Gasteiger partial charge in [0.25, 0.3) is 5.56 Å². The number of nitrogens with one attached hydrogen (secondary N) is 1. The van der Waals surface area contributed by atoms with E-state index in [0.717, 1.165) is 16.1 Å². The first kappa shape index (κ1) is 19.7. The van der Waals surface area contributed by atoms with Gasteiger partial charge in [-0.3, -0.25) is 9.59 Å². The largest absolute Gasteiger partial charge is 0.495 e. The van der Waals surface area contributed by atoms with Gasteiger partial charge in [-0.2, -0.15) is 4.68 Å². The van der Waals surface area contributed by atoms with Crippen LogP contribution in [0.25, 0.3) is 0 Å². The molecule has 2 fully saturated rings. The Morgan fingerprint density at radius 1 is 1.13 bits per heavy atom. The van der Waals surface area contributed by atoms with Gasteiger partial charge in [0.05, 0.1) is 56.3 Å². The minimum absolute atomic E-state index is 0.360. The molecule has 0 spiro atoms. The molecule has 2 saturated heterocycles. The third kappa shape index (κ3) is 3.01. The molecule has 5 rings (SSSR count). The van der Waals surface area contributed by atoms with Crippen LogP contribution in [0.1, 0.15) is 29.9 Å². The molecule has 0 saturated carbocycles. The predicted octanol–water partition coefficient (Wildman–Crippen LogP) is 0.309. The number of hydrogen-bond donors (Lipinski definition) is 1. The maximum Gasteiger partial charge on any atom is 0.347 e. The standard InChI is InChI=1S/C21H24N4O6/c1-29-14-6-4-3-5-13(14)23-7-9-24(10-8-23)25-19(26)16-17(22-21(25)28)15-11-12(18(16)31-15)20(27)30-2/h3-6,12,15,18H,7-11H2,1-2H3,(H,22,28)/t12-,15-,18+/m0/s1. The van der Waals surface area contributed by atoms with E-state index in [9.17, 15) is 14.4 Å². The number of nitrogens with zero attached hydrogens (tertiary/aromatic N) is 3. The number of para-hydroxylation sites is 2. The monoisotopic (exact) mass is 428 g/mol. The lowest BCUT2D eigenvalue weighted by molar-refractivity contribution is -0.147. The lowest BCUT2D eigenvalue weighted by Gasteiger charge is -2.37. The summed E-state index contributed by atoms with van der Waals surface area (Å²) >= 11 is 0. The quantitative estimate of drug-likeness (QED) is 0.694. The third-order valence-corrected chi connectivity index (χ3v) is 6.37. The average molecular weight is 428 g/mol. The number of benzene rings is 1. The van der Waals surface area contributed by atoms with Gasteiger partial charge in [-0.05, 0) is 18.6 Å². The van der Waals surface area contributed by atoms with Crippen molar-refractivity contribution < 1.29 is 19.0 Å². The molecule has 3 aliphatic heterocycles. The first-order valence-corrected chi connectivity index (χ1v) is 10.3. The molecule has 10 nitrogen and oxygen atoms in total. The van der Waals surface area contributed by atoms with Gasteiger partial charge in [0.2, 0.25) is 0 Å². The Labute approximate surface area is 177 Å². The van der Waals surface area contributed by atoms with Crippen molar-refractivity contribution in [3.05, 3.63) is 56.4 Å². The van der Waals surface area contributed by atoms with Crippen LogP contribution in [0.4, 0.5) is 5.69 Å². The van der Waals surface area contributed by atoms with E-state index < -0.39 is 35.3 Å². The van der Waals surface area contributed by atoms with E-state index in [1.807, 2.05) is 24.3 Å². The molecular formula is C21H24N4O6. The average Bonchev–Trinajstić information content (AvgIpc) is 3.38. The molecule has 3 atom stereocenters. The lowest BCUT2D eigenvalue weighted by Crippen LogP contribution is -2.59. The number of H-pyrrole nitrogens is 1. The van der Waals surface area contributed by atoms with E-state index >= 15 is 0 Å². The van der Waals surface area contributed by atoms with E-state index in [2.05, 4.69) is 9.88 Å². The number of carbonyl (C=O) groups excluding carboxylic acids is 1. The molecule has 4 heterocycles. The van der Waals surface area contributed by atoms with Gasteiger partial charge in [0.15, 0.2) is 0 Å². The van der Waals surface area contributed by atoms with Crippen molar-refractivity contribution in [1.29, 1.82) is 0 Å². The molecule has 1 aromatic heterocycles. The van der Waals surface area contributed by atoms with E-state index in [4.69, 9.17) is 14.2 Å². The summed E-state index contributed by atoms with van der Waals surface area (Å²) in [7, 11) is 2.96. The highest BCUT2D eigenvalue weighted by Gasteiger charge is 2.51. The fourth-order valence-corrected chi connectivity index (χ4v) is 4.88. The van der Waals surface area contributed by atoms with E-state index in [1.54, 1.807) is 12.1 Å². The van der Waals surface area contributed by atoms with E-state index in [0.29, 0.717) is 43.9 Å². The van der Waals surface area contributed by atoms with Crippen LogP contribution in [0.2, 0.25) is 0 Å². The smallest absolute Gasteiger partial charge is 0.347 e. The predicted molar refractivity (Wildman–Crippen MR) is 111 cm³/mol. The van der Waals surface area contributed by atoms with Crippen molar-refractivity contribution in [3.63, 3.8) is 0 Å². The number of methoxy groups -OCH3 is 2. The van der Waals surface area contributed by atoms with Crippen LogP contribution in [-0.2, 0) is 14.3 Å². The maximum absolute atomic E-state index is 13.3. The molecule has 0 unspecified atom stereocenters. The second kappa shape index (κ2) is 7.45. The second-order valence-electron chi connectivity index (χ2n) is 7.90. The summed E-state index contributed by atoms with van der Waals surface area (Å²) in [6.45, 7) is 2.21. The Bertz CT molecular complexity index is 1130. The highest BCUT2D eigenvalue weighted by Crippen LogP contribution is 2.51. The fourth-order valence-electron chi connectivity index (χ4n) is 4.88. The van der Waals surface area contributed by atoms with Crippen LogP contribution >= 0.6 is 0 Å². The van der Waals surface area contributed by atoms with Crippen molar-refractivity contribution in [1.82, 2.24) is 9.66 Å². The lowest BCUT2D eigenvalue weighted by atomic mass is 9.87. The number of aromatic amines is 1. The van der Waals surface area contributed by atoms with Crippen molar-refractivity contribution in [3.8, 4) is 5.75 Å². The van der Waals surface area contributed by atoms with Crippen molar-refractivity contribution >= 4 is 11.7 Å². The molecule has 1 N–H and O–H groups in total. The summed E-state index contributed by atoms with van der Waals surface area (Å²) in [5.74, 6) is -0.150. The van der Waals surface area contributed by atoms with Gasteiger partial charge in [0.1, 0.15) is 11.9 Å². The second-order valence-corrected chi connectivity index (χ2v) is 7.90. The first-order valence-electron chi connectivity index (χ1n) is 10.3. The van der Waals surface area contributed by atoms with Crippen LogP contribution in [0.5, 0.6) is 5.75 Å². The molecule has 0 aliphatic carbocycles. The molecule has 0 amide bonds. The van der Waals surface area contributed by atoms with Gasteiger partial charge in [-0.1, -0.05) is 12.1 Å². The van der Waals surface area contributed by atoms with Crippen LogP contribution in [-0.4, -0.2) is 56.0 Å². The summed E-state index contributed by atoms with van der Waals surface area (Å²) in [5.41, 5.74) is 0.916. The summed E-state index contributed by atoms with van der Waals surface area (Å²) in [6.07, 6.45) is -0.735. The Balaban J connectivity index is 1.42. The number of fused-ring (bicyclic) bond motifs is 5. The number of hydrogen-bond acceptors (Lipinski definition) is 8. The summed E-state index contributed by atoms with van der Waals surface area (Å²) in [5, 5.41) is 1.74. The molecule has 1 aromatic carbocycles. The first-order chi connectivity index (χ1) is 15.0. The van der Waals surface area contributed by atoms with Crippen LogP contribution < -0.4 is 25.9 Å². The SMILES string of the molecule is COC(=O)[C@H]1C[C@@H]2O[C@H]1c1c2[nH]c(=O)n(N2CCN(c3ccccc3OC)CC2)c1=O. The highest BCUT2D eigenvalue weighted by molar-refractivity contribution is 5.74. The van der Waals surface area contributed by atoms with Crippen molar-refractivity contribution in [2.75, 3.05) is 50.3 Å². The number of carbonyl (C=O) groups is 1. The van der Waals surface area contributed by atoms with Crippen LogP contribution in [0.15, 0.2) is 33.9 Å². The van der Waals surface area contributed by atoms with Crippen LogP contribution in [0, 0.1) is 5.92 Å². The van der Waals surface area contributed by atoms with Gasteiger partial charge in [-0.25, -0.2) is 4.79 Å². The molecule has 0 radical (unpaired) electrons. The fraction of sp³-hybridized carbons (Fsp3) is 0.476. The van der Waals surface area contributed by atoms with E-state index in [-0.39, 0.29) is 0 Å².